The van der Waals surface area contributed by atoms with Gasteiger partial charge in [0.1, 0.15) is 5.75 Å². The lowest BCUT2D eigenvalue weighted by Gasteiger charge is -2.40. The Bertz CT molecular complexity index is 1580. The number of likely N-dealkylation sites (N-methyl/N-ethyl adjacent to an activating group) is 1. The Morgan fingerprint density at radius 2 is 1.69 bits per heavy atom. The van der Waals surface area contributed by atoms with E-state index >= 15 is 0 Å². The van der Waals surface area contributed by atoms with E-state index in [0.717, 1.165) is 37.2 Å². The van der Waals surface area contributed by atoms with Gasteiger partial charge in [0, 0.05) is 30.9 Å². The molecule has 0 spiro atoms. The van der Waals surface area contributed by atoms with Crippen LogP contribution in [0.3, 0.4) is 0 Å². The number of rotatable bonds is 10. The number of halogens is 1. The second-order valence-electron chi connectivity index (χ2n) is 10.3. The van der Waals surface area contributed by atoms with E-state index in [0.29, 0.717) is 50.1 Å². The molecular formula is C35H47ClN6O2S. The molecule has 0 saturated carbocycles. The molecule has 8 nitrogen and oxygen atoms in total. The SMILES string of the molecule is C=C(c1cccc(S(=O)Nc2nc3ccccc3nc2Nc2cc(OC)ccc2Cl)c1)N1CCCCC1CN(C)C.CC.CC. The second kappa shape index (κ2) is 17.7. The van der Waals surface area contributed by atoms with Crippen molar-refractivity contribution < 1.29 is 8.95 Å². The van der Waals surface area contributed by atoms with E-state index in [-0.39, 0.29) is 0 Å². The quantitative estimate of drug-likeness (QED) is 0.178. The minimum Gasteiger partial charge on any atom is -0.497 e. The van der Waals surface area contributed by atoms with Gasteiger partial charge in [-0.3, -0.25) is 4.72 Å². The van der Waals surface area contributed by atoms with Gasteiger partial charge in [0.05, 0.1) is 33.7 Å². The molecule has 0 amide bonds. The molecule has 5 rings (SSSR count). The number of fused-ring (bicyclic) bond motifs is 1. The summed E-state index contributed by atoms with van der Waals surface area (Å²) in [5.41, 5.74) is 3.87. The Morgan fingerprint density at radius 1 is 1.00 bits per heavy atom. The molecule has 0 radical (unpaired) electrons. The highest BCUT2D eigenvalue weighted by Gasteiger charge is 2.25. The molecule has 242 valence electrons. The van der Waals surface area contributed by atoms with Gasteiger partial charge in [-0.15, -0.1) is 0 Å². The molecule has 0 bridgehead atoms. The number of likely N-dealkylation sites (tertiary alicyclic amines) is 1. The molecule has 1 aromatic heterocycles. The molecule has 2 atom stereocenters. The van der Waals surface area contributed by atoms with Gasteiger partial charge in [0.15, 0.2) is 22.6 Å². The lowest BCUT2D eigenvalue weighted by Crippen LogP contribution is -2.43. The fourth-order valence-electron chi connectivity index (χ4n) is 5.08. The number of aromatic nitrogens is 2. The number of benzene rings is 3. The summed E-state index contributed by atoms with van der Waals surface area (Å²) >= 11 is 6.46. The summed E-state index contributed by atoms with van der Waals surface area (Å²) in [6.45, 7) is 14.4. The van der Waals surface area contributed by atoms with Crippen LogP contribution in [0.2, 0.25) is 5.02 Å². The van der Waals surface area contributed by atoms with Crippen molar-refractivity contribution in [3.8, 4) is 5.75 Å². The number of hydrogen-bond acceptors (Lipinski definition) is 7. The summed E-state index contributed by atoms with van der Waals surface area (Å²) in [5, 5.41) is 3.74. The number of nitrogens with one attached hydrogen (secondary N) is 2. The van der Waals surface area contributed by atoms with Crippen LogP contribution in [0.5, 0.6) is 5.75 Å². The van der Waals surface area contributed by atoms with E-state index in [1.165, 1.54) is 6.42 Å². The third-order valence-electron chi connectivity index (χ3n) is 7.12. The van der Waals surface area contributed by atoms with Gasteiger partial charge in [-0.05, 0) is 75.3 Å². The predicted molar refractivity (Wildman–Crippen MR) is 192 cm³/mol. The maximum atomic E-state index is 13.7. The summed E-state index contributed by atoms with van der Waals surface area (Å²) in [7, 11) is 4.17. The number of para-hydroxylation sites is 2. The standard InChI is InChI=1S/C31H35ClN6O2S.2C2H6/c1-21(38-17-8-7-11-23(38)20-37(2)3)22-10-9-12-25(18-22)41(39)36-31-30(33-27-13-5-6-14-28(27)34-31)35-29-19-24(40-4)15-16-26(29)32;2*1-2/h5-6,9-10,12-16,18-19,23H,1,7-8,11,17,20H2,2-4H3,(H,33,35)(H,34,36);2*1-2H3. The van der Waals surface area contributed by atoms with E-state index in [1.54, 1.807) is 25.3 Å². The van der Waals surface area contributed by atoms with Gasteiger partial charge in [-0.1, -0.05) is 70.1 Å². The molecule has 4 aromatic rings. The summed E-state index contributed by atoms with van der Waals surface area (Å²) < 4.78 is 22.1. The average molecular weight is 651 g/mol. The highest BCUT2D eigenvalue weighted by Crippen LogP contribution is 2.33. The van der Waals surface area contributed by atoms with Gasteiger partial charge in [0.2, 0.25) is 0 Å². The smallest absolute Gasteiger partial charge is 0.182 e. The van der Waals surface area contributed by atoms with Crippen LogP contribution in [-0.2, 0) is 11.0 Å². The van der Waals surface area contributed by atoms with Crippen molar-refractivity contribution in [1.82, 2.24) is 19.8 Å². The molecule has 10 heteroatoms. The first-order chi connectivity index (χ1) is 21.8. The Kier molecular flexibility index (Phi) is 14.1. The largest absolute Gasteiger partial charge is 0.497 e. The Balaban J connectivity index is 0.00000133. The van der Waals surface area contributed by atoms with Crippen LogP contribution in [0.25, 0.3) is 16.7 Å². The van der Waals surface area contributed by atoms with Crippen LogP contribution in [0.15, 0.2) is 78.2 Å². The number of methoxy groups -OCH3 is 1. The molecule has 1 aliphatic heterocycles. The van der Waals surface area contributed by atoms with E-state index in [2.05, 4.69) is 40.5 Å². The van der Waals surface area contributed by atoms with Crippen LogP contribution in [-0.4, -0.2) is 64.3 Å². The maximum Gasteiger partial charge on any atom is 0.182 e. The van der Waals surface area contributed by atoms with Crippen LogP contribution in [0.4, 0.5) is 17.3 Å². The third kappa shape index (κ3) is 9.42. The molecule has 3 aromatic carbocycles. The molecule has 1 saturated heterocycles. The molecular weight excluding hydrogens is 604 g/mol. The Labute approximate surface area is 276 Å². The monoisotopic (exact) mass is 650 g/mol. The maximum absolute atomic E-state index is 13.7. The van der Waals surface area contributed by atoms with E-state index in [9.17, 15) is 4.21 Å². The highest BCUT2D eigenvalue weighted by atomic mass is 35.5. The fraction of sp³-hybridized carbons (Fsp3) is 0.371. The third-order valence-corrected chi connectivity index (χ3v) is 8.51. The minimum absolute atomic E-state index is 0.340. The lowest BCUT2D eigenvalue weighted by atomic mass is 9.99. The number of nitrogens with zero attached hydrogens (tertiary/aromatic N) is 4. The van der Waals surface area contributed by atoms with Crippen molar-refractivity contribution in [2.75, 3.05) is 44.3 Å². The molecule has 2 heterocycles. The van der Waals surface area contributed by atoms with Crippen LogP contribution >= 0.6 is 11.6 Å². The normalized spacial score (nSPS) is 14.9. The first kappa shape index (κ1) is 35.8. The van der Waals surface area contributed by atoms with Crippen molar-refractivity contribution in [2.24, 2.45) is 0 Å². The van der Waals surface area contributed by atoms with E-state index in [1.807, 2.05) is 76.2 Å². The van der Waals surface area contributed by atoms with Crippen LogP contribution in [0.1, 0.15) is 52.5 Å². The van der Waals surface area contributed by atoms with Crippen molar-refractivity contribution in [1.29, 1.82) is 0 Å². The molecule has 2 unspecified atom stereocenters. The molecule has 0 aliphatic carbocycles. The molecule has 1 fully saturated rings. The second-order valence-corrected chi connectivity index (χ2v) is 12.0. The zero-order valence-corrected chi connectivity index (χ0v) is 29.1. The number of anilines is 3. The Morgan fingerprint density at radius 3 is 2.36 bits per heavy atom. The first-order valence-electron chi connectivity index (χ1n) is 15.6. The summed E-state index contributed by atoms with van der Waals surface area (Å²) in [6.07, 6.45) is 3.50. The van der Waals surface area contributed by atoms with Gasteiger partial charge in [0.25, 0.3) is 0 Å². The van der Waals surface area contributed by atoms with Gasteiger partial charge in [-0.2, -0.15) is 0 Å². The van der Waals surface area contributed by atoms with E-state index < -0.39 is 11.0 Å². The number of piperidine rings is 1. The van der Waals surface area contributed by atoms with Gasteiger partial charge < -0.3 is 19.9 Å². The minimum atomic E-state index is -1.62. The van der Waals surface area contributed by atoms with Gasteiger partial charge >= 0.3 is 0 Å². The molecule has 2 N–H and O–H groups in total. The van der Waals surface area contributed by atoms with Crippen molar-refractivity contribution in [2.45, 2.75) is 57.9 Å². The summed E-state index contributed by atoms with van der Waals surface area (Å²) in [5.74, 6) is 1.38. The van der Waals surface area contributed by atoms with Gasteiger partial charge in [-0.25, -0.2) is 14.2 Å². The Hall–Kier alpha value is -3.66. The lowest BCUT2D eigenvalue weighted by molar-refractivity contribution is 0.185. The van der Waals surface area contributed by atoms with E-state index in [4.69, 9.17) is 26.3 Å². The van der Waals surface area contributed by atoms with Crippen molar-refractivity contribution >= 4 is 56.6 Å². The molecule has 1 aliphatic rings. The van der Waals surface area contributed by atoms with Crippen molar-refractivity contribution in [3.63, 3.8) is 0 Å². The number of ether oxygens (including phenoxy) is 1. The summed E-state index contributed by atoms with van der Waals surface area (Å²) in [6, 6.07) is 21.0. The van der Waals surface area contributed by atoms with Crippen LogP contribution < -0.4 is 14.8 Å². The first-order valence-corrected chi connectivity index (χ1v) is 17.1. The van der Waals surface area contributed by atoms with Crippen LogP contribution in [0, 0.1) is 0 Å². The van der Waals surface area contributed by atoms with Crippen molar-refractivity contribution in [3.05, 3.63) is 83.9 Å². The zero-order chi connectivity index (χ0) is 32.9. The fourth-order valence-corrected chi connectivity index (χ4v) is 6.12. The average Bonchev–Trinajstić information content (AvgIpc) is 3.07. The predicted octanol–water partition coefficient (Wildman–Crippen LogP) is 8.61. The number of hydrogen-bond donors (Lipinski definition) is 2. The topological polar surface area (TPSA) is 82.6 Å². The summed E-state index contributed by atoms with van der Waals surface area (Å²) in [4.78, 5) is 14.7. The zero-order valence-electron chi connectivity index (χ0n) is 27.6. The molecule has 45 heavy (non-hydrogen) atoms. The highest BCUT2D eigenvalue weighted by molar-refractivity contribution is 7.86.